The average molecular weight is 786 g/mol. The summed E-state index contributed by atoms with van der Waals surface area (Å²) in [5, 5.41) is 10.2. The molecule has 0 amide bonds. The van der Waals surface area contributed by atoms with E-state index < -0.39 is 38.6 Å². The number of rotatable bonds is 38. The van der Waals surface area contributed by atoms with Crippen LogP contribution in [0.4, 0.5) is 0 Å². The fraction of sp³-hybridized carbons (Fsp3) is 0.814. The van der Waals surface area contributed by atoms with Crippen molar-refractivity contribution in [3.8, 4) is 0 Å². The van der Waals surface area contributed by atoms with Gasteiger partial charge in [-0.3, -0.25) is 14.2 Å². The maximum atomic E-state index is 12.7. The normalized spacial score (nSPS) is 14.6. The average Bonchev–Trinajstić information content (AvgIpc) is 3.11. The van der Waals surface area contributed by atoms with Crippen LogP contribution in [0.15, 0.2) is 36.5 Å². The van der Waals surface area contributed by atoms with E-state index in [9.17, 15) is 24.2 Å². The zero-order chi connectivity index (χ0) is 40.2. The zero-order valence-corrected chi connectivity index (χ0v) is 35.9. The van der Waals surface area contributed by atoms with E-state index in [0.717, 1.165) is 64.2 Å². The number of unbranched alkanes of at least 4 members (excludes halogenated alkanes) is 17. The molecule has 0 aliphatic rings. The lowest BCUT2D eigenvalue weighted by Gasteiger charge is -2.28. The Morgan fingerprint density at radius 2 is 1.19 bits per heavy atom. The second kappa shape index (κ2) is 35.6. The Morgan fingerprint density at radius 1 is 0.667 bits per heavy atom. The first kappa shape index (κ1) is 52.2. The maximum Gasteiger partial charge on any atom is 0.306 e. The summed E-state index contributed by atoms with van der Waals surface area (Å²) < 4.78 is 33.8. The molecule has 3 atom stereocenters. The number of quaternary nitrogens is 1. The fourth-order valence-electron chi connectivity index (χ4n) is 5.55. The number of hydrogen-bond donors (Lipinski definition) is 1. The fourth-order valence-corrected chi connectivity index (χ4v) is 6.28. The molecule has 0 saturated carbocycles. The largest absolute Gasteiger partial charge is 0.756 e. The van der Waals surface area contributed by atoms with Crippen LogP contribution in [-0.2, 0) is 32.7 Å². The van der Waals surface area contributed by atoms with Gasteiger partial charge >= 0.3 is 11.9 Å². The van der Waals surface area contributed by atoms with Gasteiger partial charge in [-0.1, -0.05) is 134 Å². The van der Waals surface area contributed by atoms with Gasteiger partial charge in [-0.05, 0) is 57.8 Å². The van der Waals surface area contributed by atoms with E-state index in [1.807, 2.05) is 39.4 Å². The second-order valence-electron chi connectivity index (χ2n) is 15.5. The summed E-state index contributed by atoms with van der Waals surface area (Å²) in [6.07, 6.45) is 34.7. The summed E-state index contributed by atoms with van der Waals surface area (Å²) in [5.41, 5.74) is 0. The Morgan fingerprint density at radius 3 is 1.81 bits per heavy atom. The number of carbonyl (C=O) groups excluding carboxylic acids is 2. The minimum absolute atomic E-state index is 0.0498. The van der Waals surface area contributed by atoms with Gasteiger partial charge in [-0.25, -0.2) is 0 Å². The van der Waals surface area contributed by atoms with E-state index >= 15 is 0 Å². The van der Waals surface area contributed by atoms with E-state index in [2.05, 4.69) is 32.1 Å². The molecule has 0 saturated heterocycles. The monoisotopic (exact) mass is 786 g/mol. The maximum absolute atomic E-state index is 12.7. The van der Waals surface area contributed by atoms with Gasteiger partial charge in [0.25, 0.3) is 7.82 Å². The van der Waals surface area contributed by atoms with Gasteiger partial charge in [0.1, 0.15) is 19.8 Å². The SMILES string of the molecule is CCCCC/C=C\C=C\C(O)CCCCCCCC(=O)OC(COC(=O)CCCCCCC/C=C\CCCCCCC)COP(=O)([O-])OCC[N+](C)(C)C. The number of ether oxygens (including phenoxy) is 2. The number of hydrogen-bond acceptors (Lipinski definition) is 9. The minimum Gasteiger partial charge on any atom is -0.756 e. The number of esters is 2. The van der Waals surface area contributed by atoms with E-state index in [-0.39, 0.29) is 26.1 Å². The Labute approximate surface area is 330 Å². The molecule has 0 rings (SSSR count). The lowest BCUT2D eigenvalue weighted by atomic mass is 10.1. The van der Waals surface area contributed by atoms with Crippen LogP contribution in [0, 0.1) is 0 Å². The van der Waals surface area contributed by atoms with Crippen molar-refractivity contribution in [3.63, 3.8) is 0 Å². The number of phosphoric ester groups is 1. The van der Waals surface area contributed by atoms with Crippen LogP contribution in [-0.4, -0.2) is 81.2 Å². The Hall–Kier alpha value is -1.81. The van der Waals surface area contributed by atoms with Crippen LogP contribution >= 0.6 is 7.82 Å². The number of phosphoric acid groups is 1. The third-order valence-corrected chi connectivity index (χ3v) is 9.95. The molecule has 0 radical (unpaired) electrons. The summed E-state index contributed by atoms with van der Waals surface area (Å²) in [6.45, 7) is 4.04. The van der Waals surface area contributed by atoms with E-state index in [0.29, 0.717) is 30.3 Å². The highest BCUT2D eigenvalue weighted by molar-refractivity contribution is 7.45. The molecule has 11 heteroatoms. The van der Waals surface area contributed by atoms with Gasteiger partial charge in [-0.2, -0.15) is 0 Å². The number of aliphatic hydroxyl groups is 1. The molecule has 10 nitrogen and oxygen atoms in total. The summed E-state index contributed by atoms with van der Waals surface area (Å²) in [6, 6.07) is 0. The van der Waals surface area contributed by atoms with Crippen molar-refractivity contribution < 1.29 is 47.2 Å². The van der Waals surface area contributed by atoms with Gasteiger partial charge in [0.05, 0.1) is 33.9 Å². The molecule has 0 bridgehead atoms. The summed E-state index contributed by atoms with van der Waals surface area (Å²) >= 11 is 0. The molecule has 3 unspecified atom stereocenters. The van der Waals surface area contributed by atoms with Crippen LogP contribution in [0.2, 0.25) is 0 Å². The van der Waals surface area contributed by atoms with Gasteiger partial charge < -0.3 is 33.0 Å². The number of nitrogens with zero attached hydrogens (tertiary/aromatic N) is 1. The van der Waals surface area contributed by atoms with Crippen molar-refractivity contribution in [1.82, 2.24) is 0 Å². The van der Waals surface area contributed by atoms with Crippen LogP contribution in [0.5, 0.6) is 0 Å². The number of carbonyl (C=O) groups is 2. The first-order valence-corrected chi connectivity index (χ1v) is 22.8. The number of likely N-dealkylation sites (N-methyl/N-ethyl adjacent to an activating group) is 1. The van der Waals surface area contributed by atoms with Crippen LogP contribution in [0.25, 0.3) is 0 Å². The van der Waals surface area contributed by atoms with Gasteiger partial charge in [0.15, 0.2) is 6.10 Å². The van der Waals surface area contributed by atoms with Crippen molar-refractivity contribution in [3.05, 3.63) is 36.5 Å². The van der Waals surface area contributed by atoms with Crippen LogP contribution in [0.1, 0.15) is 168 Å². The molecular weight excluding hydrogens is 705 g/mol. The minimum atomic E-state index is -4.65. The smallest absolute Gasteiger partial charge is 0.306 e. The molecular formula is C43H80NO9P. The van der Waals surface area contributed by atoms with E-state index in [4.69, 9.17) is 18.5 Å². The van der Waals surface area contributed by atoms with Crippen molar-refractivity contribution in [2.45, 2.75) is 180 Å². The summed E-state index contributed by atoms with van der Waals surface area (Å²) in [7, 11) is 1.10. The highest BCUT2D eigenvalue weighted by atomic mass is 31.2. The van der Waals surface area contributed by atoms with Gasteiger partial charge in [0, 0.05) is 12.8 Å². The molecule has 0 aromatic heterocycles. The van der Waals surface area contributed by atoms with Crippen molar-refractivity contribution in [1.29, 1.82) is 0 Å². The molecule has 1 N–H and O–H groups in total. The van der Waals surface area contributed by atoms with Crippen molar-refractivity contribution in [2.24, 2.45) is 0 Å². The lowest BCUT2D eigenvalue weighted by Crippen LogP contribution is -2.37. The Kier molecular flexibility index (Phi) is 34.4. The first-order valence-electron chi connectivity index (χ1n) is 21.3. The molecule has 54 heavy (non-hydrogen) atoms. The molecule has 0 aliphatic carbocycles. The topological polar surface area (TPSA) is 131 Å². The number of allylic oxidation sites excluding steroid dienone is 5. The van der Waals surface area contributed by atoms with E-state index in [1.165, 1.54) is 57.8 Å². The Balaban J connectivity index is 4.49. The van der Waals surface area contributed by atoms with E-state index in [1.54, 1.807) is 0 Å². The quantitative estimate of drug-likeness (QED) is 0.0162. The van der Waals surface area contributed by atoms with Crippen molar-refractivity contribution >= 4 is 19.8 Å². The first-order chi connectivity index (χ1) is 25.9. The predicted octanol–water partition coefficient (Wildman–Crippen LogP) is 10.1. The third-order valence-electron chi connectivity index (χ3n) is 8.99. The summed E-state index contributed by atoms with van der Waals surface area (Å²) in [4.78, 5) is 37.5. The molecule has 0 heterocycles. The highest BCUT2D eigenvalue weighted by Gasteiger charge is 2.21. The number of aliphatic hydroxyl groups excluding tert-OH is 1. The molecule has 316 valence electrons. The lowest BCUT2D eigenvalue weighted by molar-refractivity contribution is -0.870. The predicted molar refractivity (Wildman–Crippen MR) is 219 cm³/mol. The standard InChI is InChI=1S/C43H80NO9P/c1-6-8-10-12-14-15-16-17-18-19-20-22-26-30-34-42(46)50-38-41(39-52-54(48,49)51-37-36-44(3,4)5)53-43(47)35-31-27-23-25-29-33-40(45)32-28-24-21-13-11-9-7-2/h16-17,21,24,28,32,40-41,45H,6-15,18-20,22-23,25-27,29-31,33-39H2,1-5H3/b17-16-,24-21-,32-28+. The molecule has 0 fully saturated rings. The van der Waals surface area contributed by atoms with Gasteiger partial charge in [-0.15, -0.1) is 0 Å². The van der Waals surface area contributed by atoms with Gasteiger partial charge in [0.2, 0.25) is 0 Å². The Bertz CT molecular complexity index is 1040. The van der Waals surface area contributed by atoms with Crippen LogP contribution in [0.3, 0.4) is 0 Å². The highest BCUT2D eigenvalue weighted by Crippen LogP contribution is 2.38. The molecule has 0 spiro atoms. The zero-order valence-electron chi connectivity index (χ0n) is 35.0. The third kappa shape index (κ3) is 38.5. The second-order valence-corrected chi connectivity index (χ2v) is 17.0. The molecule has 0 aromatic rings. The van der Waals surface area contributed by atoms with Crippen molar-refractivity contribution in [2.75, 3.05) is 47.5 Å². The summed E-state index contributed by atoms with van der Waals surface area (Å²) in [5.74, 6) is -0.918. The molecule has 0 aliphatic heterocycles. The van der Waals surface area contributed by atoms with Crippen LogP contribution < -0.4 is 4.89 Å². The molecule has 0 aromatic carbocycles.